The molecule has 1 saturated heterocycles. The molecule has 4 rings (SSSR count). The fourth-order valence-corrected chi connectivity index (χ4v) is 4.87. The van der Waals surface area contributed by atoms with E-state index in [1.54, 1.807) is 6.07 Å². The fraction of sp³-hybridized carbons (Fsp3) is 0.375. The van der Waals surface area contributed by atoms with Gasteiger partial charge >= 0.3 is 0 Å². The standard InChI is InChI=1S/C24H27ClN4O2S/c25-21-11-5-4-10-20(21)23-27-22(31-28-23)16-29-13-6-9-19(15-29)24(30)26-12-14-32-17-18-7-2-1-3-8-18/h1-5,7-8,10-11,19H,6,9,12-17H2,(H,26,30). The number of nitrogens with one attached hydrogen (secondary N) is 1. The number of nitrogens with zero attached hydrogens (tertiary/aromatic N) is 3. The fourth-order valence-electron chi connectivity index (χ4n) is 3.83. The quantitative estimate of drug-likeness (QED) is 0.459. The Hall–Kier alpha value is -2.35. The predicted octanol–water partition coefficient (Wildman–Crippen LogP) is 4.65. The zero-order valence-electron chi connectivity index (χ0n) is 17.9. The molecule has 0 saturated carbocycles. The number of carbonyl (C=O) groups excluding carboxylic acids is 1. The van der Waals surface area contributed by atoms with Crippen molar-refractivity contribution < 1.29 is 9.32 Å². The molecule has 1 amide bonds. The van der Waals surface area contributed by atoms with Gasteiger partial charge in [-0.15, -0.1) is 0 Å². The average Bonchev–Trinajstić information content (AvgIpc) is 3.28. The van der Waals surface area contributed by atoms with Gasteiger partial charge in [-0.25, -0.2) is 0 Å². The van der Waals surface area contributed by atoms with Gasteiger partial charge in [0.2, 0.25) is 17.6 Å². The number of thioether (sulfide) groups is 1. The van der Waals surface area contributed by atoms with Crippen molar-refractivity contribution in [3.05, 3.63) is 71.1 Å². The summed E-state index contributed by atoms with van der Waals surface area (Å²) >= 11 is 8.06. The van der Waals surface area contributed by atoms with Crippen molar-refractivity contribution in [2.24, 2.45) is 5.92 Å². The Morgan fingerprint density at radius 3 is 2.84 bits per heavy atom. The Balaban J connectivity index is 1.21. The number of amides is 1. The molecule has 2 heterocycles. The van der Waals surface area contributed by atoms with Crippen molar-refractivity contribution in [1.82, 2.24) is 20.4 Å². The molecule has 0 bridgehead atoms. The first-order valence-electron chi connectivity index (χ1n) is 10.9. The lowest BCUT2D eigenvalue weighted by molar-refractivity contribution is -0.126. The molecule has 0 spiro atoms. The first kappa shape index (κ1) is 22.8. The summed E-state index contributed by atoms with van der Waals surface area (Å²) in [5.74, 6) is 3.03. The van der Waals surface area contributed by atoms with Crippen LogP contribution in [0.25, 0.3) is 11.4 Å². The molecule has 168 valence electrons. The molecule has 0 aliphatic carbocycles. The molecule has 3 aromatic rings. The van der Waals surface area contributed by atoms with E-state index < -0.39 is 0 Å². The summed E-state index contributed by atoms with van der Waals surface area (Å²) < 4.78 is 5.44. The smallest absolute Gasteiger partial charge is 0.241 e. The number of halogens is 1. The summed E-state index contributed by atoms with van der Waals surface area (Å²) in [6.45, 7) is 2.85. The van der Waals surface area contributed by atoms with Crippen LogP contribution in [0.15, 0.2) is 59.1 Å². The predicted molar refractivity (Wildman–Crippen MR) is 128 cm³/mol. The molecule has 1 aliphatic rings. The molecule has 32 heavy (non-hydrogen) atoms. The second-order valence-electron chi connectivity index (χ2n) is 7.90. The minimum atomic E-state index is -0.00571. The van der Waals surface area contributed by atoms with Gasteiger partial charge in [-0.05, 0) is 37.1 Å². The molecular formula is C24H27ClN4O2S. The summed E-state index contributed by atoms with van der Waals surface area (Å²) in [5.41, 5.74) is 2.07. The number of benzene rings is 2. The van der Waals surface area contributed by atoms with Gasteiger partial charge in [-0.3, -0.25) is 9.69 Å². The highest BCUT2D eigenvalue weighted by Gasteiger charge is 2.26. The maximum atomic E-state index is 12.6. The van der Waals surface area contributed by atoms with Gasteiger partial charge in [0.25, 0.3) is 0 Å². The van der Waals surface area contributed by atoms with Gasteiger partial charge in [-0.2, -0.15) is 16.7 Å². The van der Waals surface area contributed by atoms with E-state index in [9.17, 15) is 4.79 Å². The zero-order valence-corrected chi connectivity index (χ0v) is 19.4. The molecule has 1 aliphatic heterocycles. The normalized spacial score (nSPS) is 16.7. The average molecular weight is 471 g/mol. The highest BCUT2D eigenvalue weighted by molar-refractivity contribution is 7.98. The highest BCUT2D eigenvalue weighted by Crippen LogP contribution is 2.25. The number of rotatable bonds is 9. The van der Waals surface area contributed by atoms with Crippen molar-refractivity contribution in [2.75, 3.05) is 25.4 Å². The monoisotopic (exact) mass is 470 g/mol. The second-order valence-corrected chi connectivity index (χ2v) is 9.41. The van der Waals surface area contributed by atoms with Gasteiger partial charge in [0.1, 0.15) is 0 Å². The Labute approximate surface area is 197 Å². The first-order valence-corrected chi connectivity index (χ1v) is 12.4. The van der Waals surface area contributed by atoms with Crippen LogP contribution in [0.1, 0.15) is 24.3 Å². The van der Waals surface area contributed by atoms with Crippen LogP contribution in [0, 0.1) is 5.92 Å². The molecular weight excluding hydrogens is 444 g/mol. The summed E-state index contributed by atoms with van der Waals surface area (Å²) in [7, 11) is 0. The van der Waals surface area contributed by atoms with Crippen LogP contribution in [-0.2, 0) is 17.1 Å². The SMILES string of the molecule is O=C(NCCSCc1ccccc1)C1CCCN(Cc2nc(-c3ccccc3Cl)no2)C1. The molecule has 1 atom stereocenters. The van der Waals surface area contributed by atoms with Crippen molar-refractivity contribution in [1.29, 1.82) is 0 Å². The molecule has 1 N–H and O–H groups in total. The van der Waals surface area contributed by atoms with Crippen molar-refractivity contribution >= 4 is 29.3 Å². The van der Waals surface area contributed by atoms with Gasteiger partial charge in [0.05, 0.1) is 17.5 Å². The van der Waals surface area contributed by atoms with E-state index in [4.69, 9.17) is 16.1 Å². The summed E-state index contributed by atoms with van der Waals surface area (Å²) in [6, 6.07) is 17.8. The lowest BCUT2D eigenvalue weighted by Crippen LogP contribution is -2.43. The zero-order chi connectivity index (χ0) is 22.2. The molecule has 0 radical (unpaired) electrons. The summed E-state index contributed by atoms with van der Waals surface area (Å²) in [6.07, 6.45) is 1.89. The first-order chi connectivity index (χ1) is 15.7. The molecule has 1 aromatic heterocycles. The van der Waals surface area contributed by atoms with Gasteiger partial charge in [0, 0.05) is 30.2 Å². The third kappa shape index (κ3) is 6.34. The number of aromatic nitrogens is 2. The largest absolute Gasteiger partial charge is 0.355 e. The highest BCUT2D eigenvalue weighted by atomic mass is 35.5. The lowest BCUT2D eigenvalue weighted by Gasteiger charge is -2.30. The van der Waals surface area contributed by atoms with E-state index in [1.165, 1.54) is 5.56 Å². The Kier molecular flexibility index (Phi) is 8.20. The molecule has 2 aromatic carbocycles. The van der Waals surface area contributed by atoms with Crippen LogP contribution < -0.4 is 5.32 Å². The third-order valence-corrected chi connectivity index (χ3v) is 6.84. The van der Waals surface area contributed by atoms with E-state index in [1.807, 2.05) is 36.0 Å². The number of carbonyl (C=O) groups is 1. The van der Waals surface area contributed by atoms with Gasteiger partial charge < -0.3 is 9.84 Å². The van der Waals surface area contributed by atoms with Crippen LogP contribution in [0.2, 0.25) is 5.02 Å². The lowest BCUT2D eigenvalue weighted by atomic mass is 9.97. The number of hydrogen-bond acceptors (Lipinski definition) is 6. The second kappa shape index (κ2) is 11.5. The van der Waals surface area contributed by atoms with Gasteiger partial charge in [0.15, 0.2) is 0 Å². The minimum absolute atomic E-state index is 0.00571. The molecule has 6 nitrogen and oxygen atoms in total. The number of likely N-dealkylation sites (tertiary alicyclic amines) is 1. The van der Waals surface area contributed by atoms with Crippen LogP contribution >= 0.6 is 23.4 Å². The third-order valence-electron chi connectivity index (χ3n) is 5.48. The van der Waals surface area contributed by atoms with E-state index in [-0.39, 0.29) is 11.8 Å². The van der Waals surface area contributed by atoms with Crippen LogP contribution in [0.5, 0.6) is 0 Å². The number of piperidine rings is 1. The van der Waals surface area contributed by atoms with Crippen molar-refractivity contribution in [3.63, 3.8) is 0 Å². The van der Waals surface area contributed by atoms with E-state index >= 15 is 0 Å². The van der Waals surface area contributed by atoms with E-state index in [0.29, 0.717) is 36.4 Å². The summed E-state index contributed by atoms with van der Waals surface area (Å²) in [5, 5.41) is 7.76. The van der Waals surface area contributed by atoms with E-state index in [2.05, 4.69) is 44.6 Å². The van der Waals surface area contributed by atoms with Crippen molar-refractivity contribution in [3.8, 4) is 11.4 Å². The molecule has 1 unspecified atom stereocenters. The molecule has 1 fully saturated rings. The van der Waals surface area contributed by atoms with Crippen molar-refractivity contribution in [2.45, 2.75) is 25.1 Å². The van der Waals surface area contributed by atoms with Gasteiger partial charge in [-0.1, -0.05) is 59.2 Å². The Morgan fingerprint density at radius 2 is 2.00 bits per heavy atom. The number of hydrogen-bond donors (Lipinski definition) is 1. The molecule has 8 heteroatoms. The van der Waals surface area contributed by atoms with Crippen LogP contribution in [0.4, 0.5) is 0 Å². The Bertz CT molecular complexity index is 1010. The Morgan fingerprint density at radius 1 is 1.19 bits per heavy atom. The maximum absolute atomic E-state index is 12.6. The topological polar surface area (TPSA) is 71.3 Å². The summed E-state index contributed by atoms with van der Waals surface area (Å²) in [4.78, 5) is 19.3. The van der Waals surface area contributed by atoms with Crippen LogP contribution in [0.3, 0.4) is 0 Å². The maximum Gasteiger partial charge on any atom is 0.241 e. The van der Waals surface area contributed by atoms with Crippen LogP contribution in [-0.4, -0.2) is 46.3 Å². The van der Waals surface area contributed by atoms with E-state index in [0.717, 1.165) is 36.5 Å². The minimum Gasteiger partial charge on any atom is -0.355 e.